The first-order chi connectivity index (χ1) is 13.0. The van der Waals surface area contributed by atoms with E-state index >= 15 is 0 Å². The third-order valence-corrected chi connectivity index (χ3v) is 5.01. The monoisotopic (exact) mass is 406 g/mol. The first-order valence-electron chi connectivity index (χ1n) is 8.69. The summed E-state index contributed by atoms with van der Waals surface area (Å²) in [5.41, 5.74) is -1.71. The molecule has 0 spiro atoms. The molecule has 1 aliphatic carbocycles. The van der Waals surface area contributed by atoms with E-state index in [0.29, 0.717) is 30.5 Å². The van der Waals surface area contributed by atoms with Crippen molar-refractivity contribution in [2.24, 2.45) is 0 Å². The van der Waals surface area contributed by atoms with Crippen molar-refractivity contribution in [2.75, 3.05) is 0 Å². The average molecular weight is 406 g/mol. The summed E-state index contributed by atoms with van der Waals surface area (Å²) < 4.78 is 97.0. The molecular formula is C20H17F7O. The zero-order valence-corrected chi connectivity index (χ0v) is 14.8. The van der Waals surface area contributed by atoms with Gasteiger partial charge >= 0.3 is 6.36 Å². The van der Waals surface area contributed by atoms with Gasteiger partial charge in [-0.2, -0.15) is 0 Å². The highest BCUT2D eigenvalue weighted by Crippen LogP contribution is 2.41. The second-order valence-electron chi connectivity index (χ2n) is 7.24. The van der Waals surface area contributed by atoms with E-state index in [1.807, 2.05) is 0 Å². The highest BCUT2D eigenvalue weighted by Gasteiger charge is 2.33. The zero-order chi connectivity index (χ0) is 20.7. The van der Waals surface area contributed by atoms with Crippen LogP contribution in [0.2, 0.25) is 0 Å². The summed E-state index contributed by atoms with van der Waals surface area (Å²) in [6.07, 6.45) is -3.62. The van der Waals surface area contributed by atoms with Gasteiger partial charge in [-0.1, -0.05) is 6.07 Å². The van der Waals surface area contributed by atoms with Crippen molar-refractivity contribution in [3.05, 3.63) is 53.3 Å². The largest absolute Gasteiger partial charge is 0.573 e. The number of benzene rings is 2. The Kier molecular flexibility index (Phi) is 5.34. The Morgan fingerprint density at radius 2 is 1.50 bits per heavy atom. The number of rotatable bonds is 3. The van der Waals surface area contributed by atoms with Crippen LogP contribution in [0.1, 0.15) is 44.1 Å². The fraction of sp³-hybridized carbons (Fsp3) is 0.400. The predicted octanol–water partition coefficient (Wildman–Crippen LogP) is 7.06. The lowest BCUT2D eigenvalue weighted by Crippen LogP contribution is -2.25. The minimum absolute atomic E-state index is 0.193. The zero-order valence-electron chi connectivity index (χ0n) is 14.8. The van der Waals surface area contributed by atoms with E-state index in [2.05, 4.69) is 4.74 Å². The van der Waals surface area contributed by atoms with Gasteiger partial charge in [-0.25, -0.2) is 17.6 Å². The molecule has 0 heterocycles. The van der Waals surface area contributed by atoms with Gasteiger partial charge in [-0.05, 0) is 73.9 Å². The Morgan fingerprint density at radius 3 is 2.00 bits per heavy atom. The van der Waals surface area contributed by atoms with Crippen molar-refractivity contribution in [1.29, 1.82) is 0 Å². The van der Waals surface area contributed by atoms with Crippen LogP contribution in [0.5, 0.6) is 5.75 Å². The molecule has 1 nitrogen and oxygen atoms in total. The van der Waals surface area contributed by atoms with Gasteiger partial charge in [0.1, 0.15) is 17.3 Å². The minimum Gasteiger partial charge on any atom is -0.403 e. The maximum Gasteiger partial charge on any atom is 0.573 e. The van der Waals surface area contributed by atoms with E-state index in [0.717, 1.165) is 18.2 Å². The second-order valence-corrected chi connectivity index (χ2v) is 7.24. The summed E-state index contributed by atoms with van der Waals surface area (Å²) in [5, 5.41) is 0. The highest BCUT2D eigenvalue weighted by atomic mass is 19.4. The third-order valence-electron chi connectivity index (χ3n) is 5.01. The van der Waals surface area contributed by atoms with Crippen molar-refractivity contribution >= 4 is 0 Å². The first kappa shape index (κ1) is 20.5. The van der Waals surface area contributed by atoms with Crippen LogP contribution in [-0.4, -0.2) is 12.0 Å². The highest BCUT2D eigenvalue weighted by molar-refractivity contribution is 5.66. The SMILES string of the molecule is CC1(F)CCC(c2cc(F)c(-c3ccc(OC(F)(F)F)c(F)c3)c(F)c2)CC1. The van der Waals surface area contributed by atoms with Gasteiger partial charge in [0, 0.05) is 0 Å². The van der Waals surface area contributed by atoms with E-state index in [1.54, 1.807) is 0 Å². The number of ether oxygens (including phenoxy) is 1. The van der Waals surface area contributed by atoms with E-state index in [-0.39, 0.29) is 24.3 Å². The molecule has 0 aromatic heterocycles. The minimum atomic E-state index is -5.09. The van der Waals surface area contributed by atoms with Crippen LogP contribution < -0.4 is 4.74 Å². The number of hydrogen-bond acceptors (Lipinski definition) is 1. The van der Waals surface area contributed by atoms with Gasteiger partial charge in [0.25, 0.3) is 0 Å². The summed E-state index contributed by atoms with van der Waals surface area (Å²) in [7, 11) is 0. The Bertz CT molecular complexity index is 840. The van der Waals surface area contributed by atoms with Crippen LogP contribution in [0.3, 0.4) is 0 Å². The molecule has 0 bridgehead atoms. The van der Waals surface area contributed by atoms with Gasteiger partial charge in [0.2, 0.25) is 0 Å². The Labute approximate surface area is 157 Å². The van der Waals surface area contributed by atoms with Gasteiger partial charge in [0.15, 0.2) is 11.6 Å². The average Bonchev–Trinajstić information content (AvgIpc) is 2.55. The van der Waals surface area contributed by atoms with Gasteiger partial charge in [-0.15, -0.1) is 13.2 Å². The molecule has 0 unspecified atom stereocenters. The third kappa shape index (κ3) is 4.59. The maximum absolute atomic E-state index is 14.6. The molecule has 0 amide bonds. The second kappa shape index (κ2) is 7.29. The molecule has 1 saturated carbocycles. The van der Waals surface area contributed by atoms with E-state index in [4.69, 9.17) is 0 Å². The van der Waals surface area contributed by atoms with Crippen LogP contribution in [0, 0.1) is 17.5 Å². The van der Waals surface area contributed by atoms with Crippen molar-refractivity contribution in [1.82, 2.24) is 0 Å². The lowest BCUT2D eigenvalue weighted by Gasteiger charge is -2.31. The van der Waals surface area contributed by atoms with Crippen LogP contribution >= 0.6 is 0 Å². The Morgan fingerprint density at radius 1 is 0.929 bits per heavy atom. The molecule has 0 saturated heterocycles. The summed E-state index contributed by atoms with van der Waals surface area (Å²) in [6, 6.07) is 4.41. The fourth-order valence-electron chi connectivity index (χ4n) is 3.52. The predicted molar refractivity (Wildman–Crippen MR) is 89.2 cm³/mol. The van der Waals surface area contributed by atoms with Gasteiger partial charge in [-0.3, -0.25) is 0 Å². The van der Waals surface area contributed by atoms with Crippen LogP contribution in [0.15, 0.2) is 30.3 Å². The topological polar surface area (TPSA) is 9.23 Å². The Balaban J connectivity index is 1.88. The van der Waals surface area contributed by atoms with E-state index in [1.165, 1.54) is 6.92 Å². The van der Waals surface area contributed by atoms with Crippen LogP contribution in [0.25, 0.3) is 11.1 Å². The molecule has 0 radical (unpaired) electrons. The van der Waals surface area contributed by atoms with Gasteiger partial charge in [0.05, 0.1) is 5.56 Å². The molecule has 0 atom stereocenters. The number of halogens is 7. The Hall–Kier alpha value is -2.25. The molecule has 152 valence electrons. The van der Waals surface area contributed by atoms with Crippen molar-refractivity contribution < 1.29 is 35.5 Å². The summed E-state index contributed by atoms with van der Waals surface area (Å²) in [6.45, 7) is 1.49. The molecule has 0 aliphatic heterocycles. The first-order valence-corrected chi connectivity index (χ1v) is 8.69. The lowest BCUT2D eigenvalue weighted by molar-refractivity contribution is -0.275. The number of hydrogen-bond donors (Lipinski definition) is 0. The molecule has 3 rings (SSSR count). The maximum atomic E-state index is 14.6. The summed E-state index contributed by atoms with van der Waals surface area (Å²) in [4.78, 5) is 0. The molecule has 28 heavy (non-hydrogen) atoms. The number of alkyl halides is 4. The molecular weight excluding hydrogens is 389 g/mol. The summed E-state index contributed by atoms with van der Waals surface area (Å²) >= 11 is 0. The molecule has 2 aromatic carbocycles. The molecule has 8 heteroatoms. The van der Waals surface area contributed by atoms with Gasteiger partial charge < -0.3 is 4.74 Å². The normalized spacial score (nSPS) is 22.9. The summed E-state index contributed by atoms with van der Waals surface area (Å²) in [5.74, 6) is -4.61. The molecule has 1 aliphatic rings. The van der Waals surface area contributed by atoms with Crippen molar-refractivity contribution in [3.63, 3.8) is 0 Å². The quantitative estimate of drug-likeness (QED) is 0.496. The van der Waals surface area contributed by atoms with E-state index < -0.39 is 40.8 Å². The fourth-order valence-corrected chi connectivity index (χ4v) is 3.52. The van der Waals surface area contributed by atoms with E-state index in [9.17, 15) is 30.7 Å². The molecule has 1 fully saturated rings. The van der Waals surface area contributed by atoms with Crippen LogP contribution in [-0.2, 0) is 0 Å². The van der Waals surface area contributed by atoms with Crippen LogP contribution in [0.4, 0.5) is 30.7 Å². The molecule has 2 aromatic rings. The van der Waals surface area contributed by atoms with Crippen molar-refractivity contribution in [3.8, 4) is 16.9 Å². The lowest BCUT2D eigenvalue weighted by atomic mass is 9.77. The standard InChI is InChI=1S/C20H17F7O/c1-19(24)6-4-11(5-7-19)13-9-15(22)18(16(23)10-13)12-2-3-17(14(21)8-12)28-20(25,26)27/h2-3,8-11H,4-7H2,1H3. The molecule has 0 N–H and O–H groups in total. The van der Waals surface area contributed by atoms with Crippen molar-refractivity contribution in [2.45, 2.75) is 50.6 Å². The smallest absolute Gasteiger partial charge is 0.403 e.